The van der Waals surface area contributed by atoms with Crippen molar-refractivity contribution >= 4 is 22.3 Å². The molecule has 0 fully saturated rings. The lowest BCUT2D eigenvalue weighted by Gasteiger charge is -2.35. The number of nitrogens with one attached hydrogen (secondary N) is 3. The van der Waals surface area contributed by atoms with Gasteiger partial charge < -0.3 is 20.7 Å². The molecule has 34 heavy (non-hydrogen) atoms. The van der Waals surface area contributed by atoms with E-state index in [0.717, 1.165) is 35.5 Å². The lowest BCUT2D eigenvalue weighted by molar-refractivity contribution is 0.249. The van der Waals surface area contributed by atoms with Gasteiger partial charge in [-0.05, 0) is 71.5 Å². The van der Waals surface area contributed by atoms with Crippen molar-refractivity contribution < 1.29 is 18.6 Å². The molecule has 0 radical (unpaired) electrons. The van der Waals surface area contributed by atoms with Crippen LogP contribution in [0.25, 0.3) is 0 Å². The lowest BCUT2D eigenvalue weighted by Crippen LogP contribution is -2.31. The topological polar surface area (TPSA) is 103 Å². The van der Waals surface area contributed by atoms with Crippen LogP contribution in [-0.2, 0) is 19.5 Å². The molecule has 8 heteroatoms. The molecule has 178 valence electrons. The van der Waals surface area contributed by atoms with Crippen molar-refractivity contribution in [2.75, 3.05) is 12.4 Å². The number of urea groups is 1. The summed E-state index contributed by atoms with van der Waals surface area (Å²) >= 11 is 0. The van der Waals surface area contributed by atoms with Gasteiger partial charge in [0.2, 0.25) is 0 Å². The fourth-order valence-corrected chi connectivity index (χ4v) is 6.78. The van der Waals surface area contributed by atoms with Gasteiger partial charge in [0.25, 0.3) is 0 Å². The van der Waals surface area contributed by atoms with Crippen molar-refractivity contribution in [1.29, 1.82) is 0 Å². The molecule has 0 saturated carbocycles. The second-order valence-corrected chi connectivity index (χ2v) is 11.0. The molecule has 5 N–H and O–H groups in total. The molecule has 2 amide bonds. The molecule has 0 bridgehead atoms. The number of carbonyl (C=O) groups is 1. The zero-order valence-electron chi connectivity index (χ0n) is 19.2. The number of methoxy groups -OCH3 is 1. The molecule has 0 saturated heterocycles. The molecule has 2 aliphatic heterocycles. The largest absolute Gasteiger partial charge is 0.497 e. The number of hydrogen-bond acceptors (Lipinski definition) is 5. The van der Waals surface area contributed by atoms with Gasteiger partial charge >= 0.3 is 6.03 Å². The summed E-state index contributed by atoms with van der Waals surface area (Å²) in [4.78, 5) is 13.2. The number of anilines is 1. The van der Waals surface area contributed by atoms with E-state index in [1.54, 1.807) is 19.2 Å². The Balaban J connectivity index is 1.28. The molecule has 7 nitrogen and oxygen atoms in total. The van der Waals surface area contributed by atoms with E-state index in [1.807, 2.05) is 43.3 Å². The molecule has 3 aromatic carbocycles. The van der Waals surface area contributed by atoms with Crippen LogP contribution in [0.15, 0.2) is 65.6 Å². The molecular formula is C26H29N3O4S. The van der Waals surface area contributed by atoms with Crippen LogP contribution in [0.3, 0.4) is 0 Å². The predicted molar refractivity (Wildman–Crippen MR) is 135 cm³/mol. The molecule has 3 aromatic rings. The predicted octanol–water partition coefficient (Wildman–Crippen LogP) is 5.59. The van der Waals surface area contributed by atoms with E-state index >= 15 is 0 Å². The van der Waals surface area contributed by atoms with Gasteiger partial charge in [-0.3, -0.25) is 9.11 Å². The standard InChI is InChI=1S/C26H29N3O4S/c1-16(17-5-8-23(33-2)9-6-17)28-26(30)29-22-7-10-24-20(12-22)13-25(34(24,31)32)18-3-4-19-14-27-15-21(19)11-18/h3-12,16,25,27,31-32H,13-15H2,1-2H3,(H2,28,29,30). The molecule has 0 aromatic heterocycles. The molecule has 0 spiro atoms. The Hall–Kier alpha value is -3.04. The third kappa shape index (κ3) is 4.25. The number of rotatable bonds is 5. The Kier molecular flexibility index (Phi) is 5.99. The van der Waals surface area contributed by atoms with Crippen molar-refractivity contribution in [3.05, 3.63) is 88.5 Å². The van der Waals surface area contributed by atoms with Gasteiger partial charge in [-0.1, -0.05) is 30.3 Å². The van der Waals surface area contributed by atoms with Crippen LogP contribution in [0.2, 0.25) is 0 Å². The summed E-state index contributed by atoms with van der Waals surface area (Å²) in [6, 6.07) is 18.5. The van der Waals surface area contributed by atoms with E-state index in [0.29, 0.717) is 17.0 Å². The summed E-state index contributed by atoms with van der Waals surface area (Å²) in [7, 11) is -1.37. The number of benzene rings is 3. The molecular weight excluding hydrogens is 450 g/mol. The Morgan fingerprint density at radius 1 is 1.03 bits per heavy atom. The van der Waals surface area contributed by atoms with Crippen LogP contribution in [0, 0.1) is 0 Å². The Morgan fingerprint density at radius 2 is 1.79 bits per heavy atom. The summed E-state index contributed by atoms with van der Waals surface area (Å²) < 4.78 is 27.3. The SMILES string of the molecule is COc1ccc(C(C)NC(=O)Nc2ccc3c(c2)CC(c2ccc4c(c2)CNC4)S3(O)O)cc1. The Labute approximate surface area is 200 Å². The molecule has 2 heterocycles. The zero-order chi connectivity index (χ0) is 23.9. The first-order valence-corrected chi connectivity index (χ1v) is 12.9. The quantitative estimate of drug-likeness (QED) is 0.328. The van der Waals surface area contributed by atoms with E-state index in [9.17, 15) is 13.9 Å². The molecule has 2 unspecified atom stereocenters. The van der Waals surface area contributed by atoms with Gasteiger partial charge in [0.15, 0.2) is 0 Å². The van der Waals surface area contributed by atoms with Crippen LogP contribution in [0.5, 0.6) is 5.75 Å². The highest BCUT2D eigenvalue weighted by Gasteiger charge is 2.38. The summed E-state index contributed by atoms with van der Waals surface area (Å²) in [6.07, 6.45) is 0.517. The first-order chi connectivity index (χ1) is 16.3. The highest BCUT2D eigenvalue weighted by molar-refractivity contribution is 8.24. The maximum absolute atomic E-state index is 12.6. The van der Waals surface area contributed by atoms with Crippen molar-refractivity contribution in [1.82, 2.24) is 10.6 Å². The Bertz CT molecular complexity index is 1230. The van der Waals surface area contributed by atoms with Gasteiger partial charge in [-0.25, -0.2) is 4.79 Å². The highest BCUT2D eigenvalue weighted by Crippen LogP contribution is 2.67. The summed E-state index contributed by atoms with van der Waals surface area (Å²) in [5, 5.41) is 8.75. The molecule has 5 rings (SSSR count). The first-order valence-electron chi connectivity index (χ1n) is 11.3. The van der Waals surface area contributed by atoms with Crippen molar-refractivity contribution in [3.8, 4) is 5.75 Å². The first kappa shape index (κ1) is 22.7. The van der Waals surface area contributed by atoms with Crippen LogP contribution >= 0.6 is 10.6 Å². The minimum atomic E-state index is -2.98. The number of hydrogen-bond donors (Lipinski definition) is 5. The Morgan fingerprint density at radius 3 is 2.56 bits per heavy atom. The van der Waals surface area contributed by atoms with Crippen LogP contribution < -0.4 is 20.7 Å². The van der Waals surface area contributed by atoms with Gasteiger partial charge in [-0.15, -0.1) is 0 Å². The van der Waals surface area contributed by atoms with Crippen molar-refractivity contribution in [3.63, 3.8) is 0 Å². The average molecular weight is 480 g/mol. The van der Waals surface area contributed by atoms with E-state index in [4.69, 9.17) is 4.74 Å². The maximum Gasteiger partial charge on any atom is 0.319 e. The number of carbonyl (C=O) groups excluding carboxylic acids is 1. The van der Waals surface area contributed by atoms with Crippen LogP contribution in [0.4, 0.5) is 10.5 Å². The lowest BCUT2D eigenvalue weighted by atomic mass is 10.00. The minimum Gasteiger partial charge on any atom is -0.497 e. The van der Waals surface area contributed by atoms with Gasteiger partial charge in [0.1, 0.15) is 5.75 Å². The van der Waals surface area contributed by atoms with E-state index < -0.39 is 10.6 Å². The van der Waals surface area contributed by atoms with Gasteiger partial charge in [0, 0.05) is 18.8 Å². The highest BCUT2D eigenvalue weighted by atomic mass is 32.3. The zero-order valence-corrected chi connectivity index (χ0v) is 20.0. The molecule has 0 aliphatic carbocycles. The third-order valence-corrected chi connectivity index (χ3v) is 8.92. The number of amides is 2. The van der Waals surface area contributed by atoms with Crippen LogP contribution in [0.1, 0.15) is 46.0 Å². The summed E-state index contributed by atoms with van der Waals surface area (Å²) in [5.74, 6) is 0.763. The second-order valence-electron chi connectivity index (χ2n) is 8.83. The second kappa shape index (κ2) is 8.96. The molecule has 2 aliphatic rings. The minimum absolute atomic E-state index is 0.189. The monoisotopic (exact) mass is 479 g/mol. The summed E-state index contributed by atoms with van der Waals surface area (Å²) in [5.41, 5.74) is 5.85. The fraction of sp³-hybridized carbons (Fsp3) is 0.269. The van der Waals surface area contributed by atoms with Crippen LogP contribution in [-0.4, -0.2) is 22.2 Å². The van der Waals surface area contributed by atoms with E-state index in [1.165, 1.54) is 11.1 Å². The van der Waals surface area contributed by atoms with Gasteiger partial charge in [0.05, 0.1) is 23.3 Å². The van der Waals surface area contributed by atoms with Gasteiger partial charge in [-0.2, -0.15) is 10.6 Å². The maximum atomic E-state index is 12.6. The normalized spacial score (nSPS) is 19.6. The number of ether oxygens (including phenoxy) is 1. The fourth-order valence-electron chi connectivity index (χ4n) is 4.74. The third-order valence-electron chi connectivity index (χ3n) is 6.64. The van der Waals surface area contributed by atoms with E-state index in [2.05, 4.69) is 28.1 Å². The summed E-state index contributed by atoms with van der Waals surface area (Å²) in [6.45, 7) is 3.57. The van der Waals surface area contributed by atoms with Crippen molar-refractivity contribution in [2.24, 2.45) is 0 Å². The van der Waals surface area contributed by atoms with Crippen molar-refractivity contribution in [2.45, 2.75) is 42.6 Å². The average Bonchev–Trinajstić information content (AvgIpc) is 3.40. The smallest absolute Gasteiger partial charge is 0.319 e. The molecule has 2 atom stereocenters. The number of fused-ring (bicyclic) bond motifs is 2. The van der Waals surface area contributed by atoms with E-state index in [-0.39, 0.29) is 17.3 Å².